The SMILES string of the molecule is Cc1cccc(NC(=O)CSCC(=O)Nc2ccc(C)cc2C)c1. The summed E-state index contributed by atoms with van der Waals surface area (Å²) >= 11 is 1.30. The predicted molar refractivity (Wildman–Crippen MR) is 102 cm³/mol. The van der Waals surface area contributed by atoms with Gasteiger partial charge in [-0.3, -0.25) is 9.59 Å². The average molecular weight is 342 g/mol. The van der Waals surface area contributed by atoms with Crippen LogP contribution in [0.4, 0.5) is 11.4 Å². The zero-order valence-electron chi connectivity index (χ0n) is 14.2. The number of rotatable bonds is 6. The van der Waals surface area contributed by atoms with Crippen molar-refractivity contribution in [1.29, 1.82) is 0 Å². The Balaban J connectivity index is 1.75. The molecule has 0 aliphatic carbocycles. The molecule has 0 spiro atoms. The Hall–Kier alpha value is -2.27. The minimum absolute atomic E-state index is 0.102. The summed E-state index contributed by atoms with van der Waals surface area (Å²) in [4.78, 5) is 23.9. The van der Waals surface area contributed by atoms with Gasteiger partial charge in [-0.1, -0.05) is 29.8 Å². The van der Waals surface area contributed by atoms with E-state index in [-0.39, 0.29) is 23.3 Å². The highest BCUT2D eigenvalue weighted by Crippen LogP contribution is 2.16. The van der Waals surface area contributed by atoms with Crippen LogP contribution in [0.25, 0.3) is 0 Å². The predicted octanol–water partition coefficient (Wildman–Crippen LogP) is 3.92. The molecule has 0 aliphatic rings. The second kappa shape index (κ2) is 8.55. The van der Waals surface area contributed by atoms with Gasteiger partial charge in [-0.15, -0.1) is 11.8 Å². The molecule has 0 bridgehead atoms. The van der Waals surface area contributed by atoms with Crippen LogP contribution in [-0.2, 0) is 9.59 Å². The summed E-state index contributed by atoms with van der Waals surface area (Å²) in [5.41, 5.74) is 4.88. The maximum absolute atomic E-state index is 12.0. The molecule has 0 aromatic heterocycles. The Labute approximate surface area is 147 Å². The van der Waals surface area contributed by atoms with Crippen molar-refractivity contribution in [3.8, 4) is 0 Å². The molecule has 0 fully saturated rings. The molecule has 5 heteroatoms. The lowest BCUT2D eigenvalue weighted by molar-refractivity contribution is -0.114. The lowest BCUT2D eigenvalue weighted by Gasteiger charge is -2.09. The van der Waals surface area contributed by atoms with Crippen LogP contribution < -0.4 is 10.6 Å². The van der Waals surface area contributed by atoms with E-state index in [1.54, 1.807) is 0 Å². The summed E-state index contributed by atoms with van der Waals surface area (Å²) < 4.78 is 0. The second-order valence-electron chi connectivity index (χ2n) is 5.78. The first-order valence-corrected chi connectivity index (χ1v) is 8.91. The highest BCUT2D eigenvalue weighted by Gasteiger charge is 2.08. The number of hydrogen-bond acceptors (Lipinski definition) is 3. The number of benzene rings is 2. The van der Waals surface area contributed by atoms with E-state index in [4.69, 9.17) is 0 Å². The monoisotopic (exact) mass is 342 g/mol. The summed E-state index contributed by atoms with van der Waals surface area (Å²) in [7, 11) is 0. The van der Waals surface area contributed by atoms with E-state index in [9.17, 15) is 9.59 Å². The van der Waals surface area contributed by atoms with Gasteiger partial charge in [0.05, 0.1) is 11.5 Å². The van der Waals surface area contributed by atoms with Gasteiger partial charge in [0.1, 0.15) is 0 Å². The number of nitrogens with one attached hydrogen (secondary N) is 2. The number of carbonyl (C=O) groups is 2. The van der Waals surface area contributed by atoms with Crippen molar-refractivity contribution in [2.24, 2.45) is 0 Å². The highest BCUT2D eigenvalue weighted by atomic mass is 32.2. The van der Waals surface area contributed by atoms with Gasteiger partial charge in [-0.05, 0) is 50.1 Å². The van der Waals surface area contributed by atoms with Crippen molar-refractivity contribution in [3.05, 3.63) is 59.2 Å². The van der Waals surface area contributed by atoms with E-state index in [1.807, 2.05) is 63.2 Å². The molecule has 0 saturated carbocycles. The average Bonchev–Trinajstić information content (AvgIpc) is 2.50. The third kappa shape index (κ3) is 5.74. The third-order valence-corrected chi connectivity index (χ3v) is 4.36. The lowest BCUT2D eigenvalue weighted by atomic mass is 10.1. The summed E-state index contributed by atoms with van der Waals surface area (Å²) in [6.45, 7) is 5.95. The summed E-state index contributed by atoms with van der Waals surface area (Å²) in [6, 6.07) is 13.5. The van der Waals surface area contributed by atoms with Gasteiger partial charge in [0.2, 0.25) is 11.8 Å². The van der Waals surface area contributed by atoms with Gasteiger partial charge in [0, 0.05) is 11.4 Å². The van der Waals surface area contributed by atoms with E-state index in [0.29, 0.717) is 0 Å². The molecule has 4 nitrogen and oxygen atoms in total. The molecule has 126 valence electrons. The molecule has 0 unspecified atom stereocenters. The van der Waals surface area contributed by atoms with Crippen LogP contribution in [0.15, 0.2) is 42.5 Å². The topological polar surface area (TPSA) is 58.2 Å². The van der Waals surface area contributed by atoms with Crippen molar-refractivity contribution < 1.29 is 9.59 Å². The third-order valence-electron chi connectivity index (χ3n) is 3.42. The largest absolute Gasteiger partial charge is 0.325 e. The lowest BCUT2D eigenvalue weighted by Crippen LogP contribution is -2.18. The molecule has 2 rings (SSSR count). The molecule has 0 radical (unpaired) electrons. The molecule has 0 aliphatic heterocycles. The molecule has 24 heavy (non-hydrogen) atoms. The van der Waals surface area contributed by atoms with Crippen molar-refractivity contribution in [3.63, 3.8) is 0 Å². The summed E-state index contributed by atoms with van der Waals surface area (Å²) in [5.74, 6) is 0.281. The van der Waals surface area contributed by atoms with E-state index in [2.05, 4.69) is 10.6 Å². The molecule has 2 aromatic carbocycles. The first-order valence-electron chi connectivity index (χ1n) is 7.75. The van der Waals surface area contributed by atoms with E-state index in [0.717, 1.165) is 28.1 Å². The van der Waals surface area contributed by atoms with Crippen LogP contribution in [0.2, 0.25) is 0 Å². The van der Waals surface area contributed by atoms with Gasteiger partial charge < -0.3 is 10.6 Å². The van der Waals surface area contributed by atoms with Crippen molar-refractivity contribution in [2.45, 2.75) is 20.8 Å². The first-order chi connectivity index (χ1) is 11.4. The molecule has 0 saturated heterocycles. The minimum atomic E-state index is -0.107. The van der Waals surface area contributed by atoms with Crippen molar-refractivity contribution >= 4 is 35.0 Å². The Morgan fingerprint density at radius 1 is 0.875 bits per heavy atom. The fraction of sp³-hybridized carbons (Fsp3) is 0.263. The van der Waals surface area contributed by atoms with Crippen LogP contribution in [0.3, 0.4) is 0 Å². The quantitative estimate of drug-likeness (QED) is 0.836. The molecule has 0 atom stereocenters. The zero-order valence-corrected chi connectivity index (χ0v) is 15.0. The number of aryl methyl sites for hydroxylation is 3. The fourth-order valence-corrected chi connectivity index (χ4v) is 2.91. The Kier molecular flexibility index (Phi) is 6.44. The van der Waals surface area contributed by atoms with Crippen LogP contribution in [0, 0.1) is 20.8 Å². The summed E-state index contributed by atoms with van der Waals surface area (Å²) in [6.07, 6.45) is 0. The van der Waals surface area contributed by atoms with E-state index in [1.165, 1.54) is 11.8 Å². The molecular weight excluding hydrogens is 320 g/mol. The molecule has 2 N–H and O–H groups in total. The first kappa shape index (κ1) is 18.1. The van der Waals surface area contributed by atoms with Crippen LogP contribution in [0.5, 0.6) is 0 Å². The van der Waals surface area contributed by atoms with Gasteiger partial charge >= 0.3 is 0 Å². The number of anilines is 2. The Bertz CT molecular complexity index is 744. The molecular formula is C19H22N2O2S. The summed E-state index contributed by atoms with van der Waals surface area (Å²) in [5, 5.41) is 5.71. The van der Waals surface area contributed by atoms with Gasteiger partial charge in [0.15, 0.2) is 0 Å². The van der Waals surface area contributed by atoms with Gasteiger partial charge in [-0.25, -0.2) is 0 Å². The zero-order chi connectivity index (χ0) is 17.5. The van der Waals surface area contributed by atoms with Crippen LogP contribution >= 0.6 is 11.8 Å². The van der Waals surface area contributed by atoms with Crippen molar-refractivity contribution in [2.75, 3.05) is 22.1 Å². The molecule has 2 amide bonds. The highest BCUT2D eigenvalue weighted by molar-refractivity contribution is 8.00. The number of thioether (sulfide) groups is 1. The maximum atomic E-state index is 12.0. The molecule has 2 aromatic rings. The van der Waals surface area contributed by atoms with Crippen molar-refractivity contribution in [1.82, 2.24) is 0 Å². The number of hydrogen-bond donors (Lipinski definition) is 2. The van der Waals surface area contributed by atoms with Crippen LogP contribution in [-0.4, -0.2) is 23.3 Å². The van der Waals surface area contributed by atoms with E-state index < -0.39 is 0 Å². The van der Waals surface area contributed by atoms with Gasteiger partial charge in [0.25, 0.3) is 0 Å². The van der Waals surface area contributed by atoms with E-state index >= 15 is 0 Å². The normalized spacial score (nSPS) is 10.3. The Morgan fingerprint density at radius 2 is 1.54 bits per heavy atom. The fourth-order valence-electron chi connectivity index (χ4n) is 2.30. The van der Waals surface area contributed by atoms with Gasteiger partial charge in [-0.2, -0.15) is 0 Å². The molecule has 0 heterocycles. The van der Waals surface area contributed by atoms with Crippen LogP contribution in [0.1, 0.15) is 16.7 Å². The number of amides is 2. The minimum Gasteiger partial charge on any atom is -0.325 e. The Morgan fingerprint density at radius 3 is 2.21 bits per heavy atom. The standard InChI is InChI=1S/C19H22N2O2S/c1-13-5-4-6-16(10-13)20-18(22)11-24-12-19(23)21-17-8-7-14(2)9-15(17)3/h4-10H,11-12H2,1-3H3,(H,20,22)(H,21,23). The maximum Gasteiger partial charge on any atom is 0.234 e. The number of carbonyl (C=O) groups excluding carboxylic acids is 2. The smallest absolute Gasteiger partial charge is 0.234 e. The second-order valence-corrected chi connectivity index (χ2v) is 6.76.